The SMILES string of the molecule is Cc1noc(-c2ccccc2-c2ccc3c(c2)CCC[C@H]3NC(=O)O)n1. The van der Waals surface area contributed by atoms with Crippen LogP contribution in [0.1, 0.15) is 35.8 Å². The molecule has 3 aromatic rings. The molecule has 1 atom stereocenters. The molecule has 132 valence electrons. The lowest BCUT2D eigenvalue weighted by Gasteiger charge is -2.26. The largest absolute Gasteiger partial charge is 0.465 e. The molecule has 0 saturated carbocycles. The molecule has 1 heterocycles. The normalized spacial score (nSPS) is 16.1. The Labute approximate surface area is 150 Å². The highest BCUT2D eigenvalue weighted by Crippen LogP contribution is 2.36. The molecule has 1 aliphatic carbocycles. The van der Waals surface area contributed by atoms with Crippen LogP contribution in [0, 0.1) is 6.92 Å². The van der Waals surface area contributed by atoms with E-state index < -0.39 is 6.09 Å². The number of amides is 1. The van der Waals surface area contributed by atoms with Gasteiger partial charge in [-0.1, -0.05) is 41.6 Å². The van der Waals surface area contributed by atoms with Crippen molar-refractivity contribution in [2.24, 2.45) is 0 Å². The Morgan fingerprint density at radius 2 is 2.04 bits per heavy atom. The molecule has 1 amide bonds. The number of aryl methyl sites for hydroxylation is 2. The lowest BCUT2D eigenvalue weighted by Crippen LogP contribution is -2.29. The van der Waals surface area contributed by atoms with Crippen molar-refractivity contribution in [2.45, 2.75) is 32.2 Å². The van der Waals surface area contributed by atoms with Gasteiger partial charge in [0.25, 0.3) is 5.89 Å². The number of hydrogen-bond acceptors (Lipinski definition) is 4. The van der Waals surface area contributed by atoms with Crippen LogP contribution in [0.25, 0.3) is 22.6 Å². The number of rotatable bonds is 3. The Morgan fingerprint density at radius 1 is 1.23 bits per heavy atom. The third-order valence-electron chi connectivity index (χ3n) is 4.75. The Balaban J connectivity index is 1.75. The lowest BCUT2D eigenvalue weighted by molar-refractivity contribution is 0.188. The van der Waals surface area contributed by atoms with Gasteiger partial charge in [-0.05, 0) is 54.5 Å². The van der Waals surface area contributed by atoms with Gasteiger partial charge in [-0.15, -0.1) is 0 Å². The monoisotopic (exact) mass is 349 g/mol. The minimum atomic E-state index is -0.982. The number of nitrogens with one attached hydrogen (secondary N) is 1. The van der Waals surface area contributed by atoms with Crippen LogP contribution < -0.4 is 5.32 Å². The van der Waals surface area contributed by atoms with Crippen LogP contribution in [0.4, 0.5) is 4.79 Å². The van der Waals surface area contributed by atoms with Crippen molar-refractivity contribution in [1.82, 2.24) is 15.5 Å². The summed E-state index contributed by atoms with van der Waals surface area (Å²) in [7, 11) is 0. The second-order valence-electron chi connectivity index (χ2n) is 6.50. The molecule has 0 radical (unpaired) electrons. The van der Waals surface area contributed by atoms with Crippen molar-refractivity contribution < 1.29 is 14.4 Å². The van der Waals surface area contributed by atoms with E-state index in [1.54, 1.807) is 6.92 Å². The first-order chi connectivity index (χ1) is 12.6. The maximum Gasteiger partial charge on any atom is 0.405 e. The van der Waals surface area contributed by atoms with Crippen molar-refractivity contribution in [1.29, 1.82) is 0 Å². The van der Waals surface area contributed by atoms with E-state index in [0.29, 0.717) is 11.7 Å². The summed E-state index contributed by atoms with van der Waals surface area (Å²) in [5.74, 6) is 1.10. The standard InChI is InChI=1S/C20H19N3O3/c1-12-21-19(26-23-12)17-7-3-2-6-15(17)14-9-10-16-13(11-14)5-4-8-18(16)22-20(24)25/h2-3,6-7,9-11,18,22H,4-5,8H2,1H3,(H,24,25)/t18-/m1/s1. The molecule has 6 heteroatoms. The molecule has 0 spiro atoms. The van der Waals surface area contributed by atoms with E-state index in [4.69, 9.17) is 9.63 Å². The highest BCUT2D eigenvalue weighted by atomic mass is 16.5. The van der Waals surface area contributed by atoms with Crippen molar-refractivity contribution >= 4 is 6.09 Å². The lowest BCUT2D eigenvalue weighted by atomic mass is 9.85. The number of carbonyl (C=O) groups is 1. The third kappa shape index (κ3) is 3.06. The van der Waals surface area contributed by atoms with Gasteiger partial charge < -0.3 is 14.9 Å². The summed E-state index contributed by atoms with van der Waals surface area (Å²) in [6.07, 6.45) is 1.76. The van der Waals surface area contributed by atoms with Gasteiger partial charge in [-0.2, -0.15) is 4.98 Å². The summed E-state index contributed by atoms with van der Waals surface area (Å²) in [5.41, 5.74) is 5.22. The molecular weight excluding hydrogens is 330 g/mol. The predicted octanol–water partition coefficient (Wildman–Crippen LogP) is 4.36. The number of carboxylic acid groups (broad SMARTS) is 1. The molecule has 1 aliphatic rings. The third-order valence-corrected chi connectivity index (χ3v) is 4.75. The molecule has 1 aromatic heterocycles. The van der Waals surface area contributed by atoms with E-state index in [1.165, 1.54) is 5.56 Å². The first-order valence-electron chi connectivity index (χ1n) is 8.64. The van der Waals surface area contributed by atoms with Gasteiger partial charge in [0.15, 0.2) is 5.82 Å². The summed E-state index contributed by atoms with van der Waals surface area (Å²) in [5, 5.41) is 15.6. The smallest absolute Gasteiger partial charge is 0.405 e. The van der Waals surface area contributed by atoms with Crippen LogP contribution >= 0.6 is 0 Å². The molecular formula is C20H19N3O3. The van der Waals surface area contributed by atoms with E-state index in [9.17, 15) is 4.79 Å². The van der Waals surface area contributed by atoms with E-state index in [-0.39, 0.29) is 6.04 Å². The van der Waals surface area contributed by atoms with Crippen molar-refractivity contribution in [2.75, 3.05) is 0 Å². The Morgan fingerprint density at radius 3 is 2.77 bits per heavy atom. The maximum absolute atomic E-state index is 11.0. The second-order valence-corrected chi connectivity index (χ2v) is 6.50. The quantitative estimate of drug-likeness (QED) is 0.733. The minimum absolute atomic E-state index is 0.140. The molecule has 0 unspecified atom stereocenters. The highest BCUT2D eigenvalue weighted by molar-refractivity contribution is 5.80. The fourth-order valence-corrected chi connectivity index (χ4v) is 3.61. The fraction of sp³-hybridized carbons (Fsp3) is 0.250. The second kappa shape index (κ2) is 6.63. The van der Waals surface area contributed by atoms with Gasteiger partial charge in [-0.25, -0.2) is 4.79 Å². The van der Waals surface area contributed by atoms with Gasteiger partial charge in [0.2, 0.25) is 0 Å². The van der Waals surface area contributed by atoms with Crippen LogP contribution in [0.5, 0.6) is 0 Å². The zero-order chi connectivity index (χ0) is 18.1. The Kier molecular flexibility index (Phi) is 4.16. The minimum Gasteiger partial charge on any atom is -0.465 e. The molecule has 26 heavy (non-hydrogen) atoms. The molecule has 6 nitrogen and oxygen atoms in total. The summed E-state index contributed by atoms with van der Waals surface area (Å²) in [4.78, 5) is 15.4. The predicted molar refractivity (Wildman–Crippen MR) is 96.7 cm³/mol. The number of nitrogens with zero attached hydrogens (tertiary/aromatic N) is 2. The number of fused-ring (bicyclic) bond motifs is 1. The molecule has 0 aliphatic heterocycles. The van der Waals surface area contributed by atoms with Crippen LogP contribution in [0.2, 0.25) is 0 Å². The van der Waals surface area contributed by atoms with Crippen LogP contribution in [-0.2, 0) is 6.42 Å². The number of benzene rings is 2. The molecule has 0 bridgehead atoms. The van der Waals surface area contributed by atoms with E-state index in [2.05, 4.69) is 21.5 Å². The van der Waals surface area contributed by atoms with Gasteiger partial charge in [-0.3, -0.25) is 0 Å². The summed E-state index contributed by atoms with van der Waals surface area (Å²) in [6, 6.07) is 14.0. The van der Waals surface area contributed by atoms with Crippen LogP contribution in [0.15, 0.2) is 47.0 Å². The zero-order valence-electron chi connectivity index (χ0n) is 14.4. The highest BCUT2D eigenvalue weighted by Gasteiger charge is 2.22. The zero-order valence-corrected chi connectivity index (χ0v) is 14.4. The van der Waals surface area contributed by atoms with Gasteiger partial charge in [0.05, 0.1) is 6.04 Å². The van der Waals surface area contributed by atoms with Gasteiger partial charge >= 0.3 is 6.09 Å². The van der Waals surface area contributed by atoms with Gasteiger partial charge in [0, 0.05) is 5.56 Å². The van der Waals surface area contributed by atoms with E-state index >= 15 is 0 Å². The van der Waals surface area contributed by atoms with Crippen molar-refractivity contribution in [3.63, 3.8) is 0 Å². The number of hydrogen-bond donors (Lipinski definition) is 2. The van der Waals surface area contributed by atoms with Crippen molar-refractivity contribution in [3.8, 4) is 22.6 Å². The Hall–Kier alpha value is -3.15. The molecule has 2 N–H and O–H groups in total. The van der Waals surface area contributed by atoms with Crippen LogP contribution in [0.3, 0.4) is 0 Å². The summed E-state index contributed by atoms with van der Waals surface area (Å²) < 4.78 is 5.35. The van der Waals surface area contributed by atoms with E-state index in [0.717, 1.165) is 41.5 Å². The first kappa shape index (κ1) is 16.3. The van der Waals surface area contributed by atoms with Crippen LogP contribution in [-0.4, -0.2) is 21.3 Å². The number of aromatic nitrogens is 2. The molecule has 4 rings (SSSR count). The average molecular weight is 349 g/mol. The average Bonchev–Trinajstić information content (AvgIpc) is 3.07. The molecule has 0 saturated heterocycles. The summed E-state index contributed by atoms with van der Waals surface area (Å²) in [6.45, 7) is 1.80. The first-order valence-corrected chi connectivity index (χ1v) is 8.64. The van der Waals surface area contributed by atoms with Gasteiger partial charge in [0.1, 0.15) is 0 Å². The maximum atomic E-state index is 11.0. The molecule has 0 fully saturated rings. The molecule has 2 aromatic carbocycles. The van der Waals surface area contributed by atoms with Crippen molar-refractivity contribution in [3.05, 3.63) is 59.4 Å². The van der Waals surface area contributed by atoms with E-state index in [1.807, 2.05) is 36.4 Å². The Bertz CT molecular complexity index is 964. The topological polar surface area (TPSA) is 88.2 Å². The fourth-order valence-electron chi connectivity index (χ4n) is 3.61. The summed E-state index contributed by atoms with van der Waals surface area (Å²) >= 11 is 0.